The van der Waals surface area contributed by atoms with E-state index in [1.165, 1.54) is 12.1 Å². The topological polar surface area (TPSA) is 93.3 Å². The van der Waals surface area contributed by atoms with E-state index in [0.717, 1.165) is 52.7 Å². The van der Waals surface area contributed by atoms with Crippen LogP contribution in [0, 0.1) is 36.3 Å². The van der Waals surface area contributed by atoms with Crippen molar-refractivity contribution in [3.05, 3.63) is 197 Å². The summed E-state index contributed by atoms with van der Waals surface area (Å²) in [5.74, 6) is 4.19. The van der Waals surface area contributed by atoms with Gasteiger partial charge in [-0.05, 0) is 58.4 Å². The zero-order valence-corrected chi connectivity index (χ0v) is 34.4. The van der Waals surface area contributed by atoms with E-state index in [-0.39, 0.29) is 18.0 Å². The number of nitrogens with zero attached hydrogens (tertiary/aromatic N) is 7. The number of benzene rings is 5. The molecule has 2 aliphatic rings. The largest absolute Gasteiger partial charge is 0.378 e. The van der Waals surface area contributed by atoms with Crippen LogP contribution < -0.4 is 10.2 Å². The summed E-state index contributed by atoms with van der Waals surface area (Å²) in [6.45, 7) is 6.38. The standard InChI is InChI=1S/C50H46F2N8O2/c1-36-19-20-37(46(30-36)58-26-28-62-29-27-58)32-59-25-23-53-49(59)55-48(61)44-34-57(33-43(44)42-22-21-41(51)31-45(42)52)24-11-18-47-54-35-60(56-47)50(38-12-5-2-6-13-38,39-14-7-3-8-15-39)40-16-9-4-10-17-40/h2-10,12-17,19-23,25,30-31,35,43-44H,24,26-29,32-34H2,1H3,(H,53,55,61)/t43-,44+/m0/s1. The fraction of sp³-hybridized carbons (Fsp3) is 0.240. The Morgan fingerprint density at radius 3 is 2.18 bits per heavy atom. The molecular formula is C50H46F2N8O2. The highest BCUT2D eigenvalue weighted by atomic mass is 19.1. The zero-order valence-electron chi connectivity index (χ0n) is 34.4. The molecule has 12 heteroatoms. The second-order valence-electron chi connectivity index (χ2n) is 15.8. The van der Waals surface area contributed by atoms with Crippen LogP contribution in [0.15, 0.2) is 146 Å². The summed E-state index contributed by atoms with van der Waals surface area (Å²) in [6, 6.07) is 40.6. The minimum Gasteiger partial charge on any atom is -0.378 e. The second-order valence-corrected chi connectivity index (χ2v) is 15.8. The minimum absolute atomic E-state index is 0.269. The molecule has 2 aliphatic heterocycles. The highest BCUT2D eigenvalue weighted by molar-refractivity contribution is 5.92. The number of nitrogens with one attached hydrogen (secondary N) is 1. The van der Waals surface area contributed by atoms with Crippen LogP contribution in [0.4, 0.5) is 20.4 Å². The quantitative estimate of drug-likeness (QED) is 0.107. The molecule has 2 fully saturated rings. The number of hydrogen-bond donors (Lipinski definition) is 1. The van der Waals surface area contributed by atoms with Crippen molar-refractivity contribution in [1.82, 2.24) is 29.2 Å². The van der Waals surface area contributed by atoms with Crippen molar-refractivity contribution in [1.29, 1.82) is 0 Å². The number of hydrogen-bond acceptors (Lipinski definition) is 7. The Labute approximate surface area is 359 Å². The van der Waals surface area contributed by atoms with E-state index in [0.29, 0.717) is 44.6 Å². The lowest BCUT2D eigenvalue weighted by molar-refractivity contribution is -0.119. The number of imidazole rings is 1. The molecule has 1 N–H and O–H groups in total. The fourth-order valence-corrected chi connectivity index (χ4v) is 8.90. The van der Waals surface area contributed by atoms with Crippen LogP contribution in [0.2, 0.25) is 0 Å². The molecule has 0 spiro atoms. The first-order valence-electron chi connectivity index (χ1n) is 20.9. The molecule has 2 aromatic heterocycles. The van der Waals surface area contributed by atoms with E-state index in [1.54, 1.807) is 12.5 Å². The molecule has 9 rings (SSSR count). The number of halogens is 2. The van der Waals surface area contributed by atoms with Crippen molar-refractivity contribution in [3.63, 3.8) is 0 Å². The molecule has 5 aromatic carbocycles. The Morgan fingerprint density at radius 1 is 0.839 bits per heavy atom. The predicted molar refractivity (Wildman–Crippen MR) is 235 cm³/mol. The molecule has 0 saturated carbocycles. The number of carbonyl (C=O) groups excluding carboxylic acids is 1. The van der Waals surface area contributed by atoms with E-state index < -0.39 is 29.0 Å². The number of ether oxygens (including phenoxy) is 1. The molecule has 0 unspecified atom stereocenters. The summed E-state index contributed by atoms with van der Waals surface area (Å²) in [4.78, 5) is 27.8. The van der Waals surface area contributed by atoms with Gasteiger partial charge in [0.1, 0.15) is 23.5 Å². The lowest BCUT2D eigenvalue weighted by Crippen LogP contribution is -2.38. The van der Waals surface area contributed by atoms with E-state index in [2.05, 4.69) is 93.5 Å². The van der Waals surface area contributed by atoms with Crippen LogP contribution in [0.5, 0.6) is 0 Å². The average Bonchev–Trinajstić information content (AvgIpc) is 4.07. The molecule has 10 nitrogen and oxygen atoms in total. The molecule has 0 aliphatic carbocycles. The first kappa shape index (κ1) is 40.5. The Morgan fingerprint density at radius 2 is 1.52 bits per heavy atom. The summed E-state index contributed by atoms with van der Waals surface area (Å²) in [6.07, 6.45) is 5.21. The van der Waals surface area contributed by atoms with Gasteiger partial charge in [-0.2, -0.15) is 0 Å². The number of likely N-dealkylation sites (tertiary alicyclic amines) is 1. The van der Waals surface area contributed by atoms with Crippen LogP contribution >= 0.6 is 0 Å². The number of aryl methyl sites for hydroxylation is 1. The summed E-state index contributed by atoms with van der Waals surface area (Å²) >= 11 is 0. The third kappa shape index (κ3) is 8.25. The van der Waals surface area contributed by atoms with Gasteiger partial charge in [0.05, 0.1) is 32.2 Å². The summed E-state index contributed by atoms with van der Waals surface area (Å²) < 4.78 is 38.9. The van der Waals surface area contributed by atoms with Crippen molar-refractivity contribution < 1.29 is 18.3 Å². The number of aromatic nitrogens is 5. The average molecular weight is 829 g/mol. The van der Waals surface area contributed by atoms with Gasteiger partial charge in [-0.3, -0.25) is 15.0 Å². The molecule has 62 heavy (non-hydrogen) atoms. The number of amides is 1. The maximum Gasteiger partial charge on any atom is 0.231 e. The molecule has 2 saturated heterocycles. The monoisotopic (exact) mass is 828 g/mol. The molecule has 0 radical (unpaired) electrons. The Bertz CT molecular complexity index is 2610. The molecule has 1 amide bonds. The summed E-state index contributed by atoms with van der Waals surface area (Å²) in [7, 11) is 0. The summed E-state index contributed by atoms with van der Waals surface area (Å²) in [5, 5.41) is 8.02. The van der Waals surface area contributed by atoms with Crippen molar-refractivity contribution in [3.8, 4) is 11.8 Å². The normalized spacial score (nSPS) is 16.8. The Kier molecular flexibility index (Phi) is 11.7. The Hall–Kier alpha value is -6.94. The van der Waals surface area contributed by atoms with Crippen molar-refractivity contribution in [2.24, 2.45) is 5.92 Å². The van der Waals surface area contributed by atoms with Gasteiger partial charge in [0, 0.05) is 56.2 Å². The smallest absolute Gasteiger partial charge is 0.231 e. The molecule has 4 heterocycles. The lowest BCUT2D eigenvalue weighted by atomic mass is 9.77. The van der Waals surface area contributed by atoms with Gasteiger partial charge in [0.2, 0.25) is 17.7 Å². The number of anilines is 2. The second kappa shape index (κ2) is 18.0. The maximum atomic E-state index is 15.4. The van der Waals surface area contributed by atoms with Crippen molar-refractivity contribution in [2.45, 2.75) is 24.9 Å². The molecular weight excluding hydrogens is 783 g/mol. The molecule has 0 bridgehead atoms. The predicted octanol–water partition coefficient (Wildman–Crippen LogP) is 7.49. The van der Waals surface area contributed by atoms with Crippen LogP contribution in [0.3, 0.4) is 0 Å². The maximum absolute atomic E-state index is 15.4. The first-order chi connectivity index (χ1) is 30.4. The van der Waals surface area contributed by atoms with E-state index >= 15 is 4.39 Å². The molecule has 2 atom stereocenters. The van der Waals surface area contributed by atoms with Gasteiger partial charge in [-0.1, -0.05) is 115 Å². The van der Waals surface area contributed by atoms with Gasteiger partial charge >= 0.3 is 0 Å². The minimum atomic E-state index is -0.835. The number of morpholine rings is 1. The third-order valence-electron chi connectivity index (χ3n) is 11.9. The van der Waals surface area contributed by atoms with Crippen molar-refractivity contribution >= 4 is 17.5 Å². The van der Waals surface area contributed by atoms with Crippen LogP contribution in [-0.2, 0) is 21.6 Å². The van der Waals surface area contributed by atoms with Gasteiger partial charge in [-0.15, -0.1) is 5.10 Å². The lowest BCUT2D eigenvalue weighted by Gasteiger charge is -2.35. The number of rotatable bonds is 11. The van der Waals surface area contributed by atoms with Gasteiger partial charge in [0.15, 0.2) is 0 Å². The highest BCUT2D eigenvalue weighted by Gasteiger charge is 2.41. The van der Waals surface area contributed by atoms with E-state index in [9.17, 15) is 9.18 Å². The number of carbonyl (C=O) groups is 1. The molecule has 7 aromatic rings. The SMILES string of the molecule is Cc1ccc(Cn2ccnc2NC(=O)[C@@H]2CN(CC#Cc3ncn(C(c4ccccc4)(c4ccccc4)c4ccccc4)n3)C[C@H]2c2ccc(F)cc2F)c(N2CCOCC2)c1. The van der Waals surface area contributed by atoms with Crippen molar-refractivity contribution in [2.75, 3.05) is 56.2 Å². The fourth-order valence-electron chi connectivity index (χ4n) is 8.90. The van der Waals surface area contributed by atoms with Crippen LogP contribution in [-0.4, -0.2) is 81.1 Å². The first-order valence-corrected chi connectivity index (χ1v) is 20.9. The van der Waals surface area contributed by atoms with Gasteiger partial charge in [-0.25, -0.2) is 23.4 Å². The van der Waals surface area contributed by atoms with E-state index in [4.69, 9.17) is 9.84 Å². The highest BCUT2D eigenvalue weighted by Crippen LogP contribution is 2.40. The van der Waals surface area contributed by atoms with E-state index in [1.807, 2.05) is 74.9 Å². The van der Waals surface area contributed by atoms with Crippen LogP contribution in [0.1, 0.15) is 45.1 Å². The molecule has 312 valence electrons. The van der Waals surface area contributed by atoms with Gasteiger partial charge < -0.3 is 14.2 Å². The van der Waals surface area contributed by atoms with Crippen LogP contribution in [0.25, 0.3) is 0 Å². The Balaban J connectivity index is 0.964. The zero-order chi connectivity index (χ0) is 42.5. The summed E-state index contributed by atoms with van der Waals surface area (Å²) in [5.41, 5.74) is 5.86. The van der Waals surface area contributed by atoms with Gasteiger partial charge in [0.25, 0.3) is 0 Å². The third-order valence-corrected chi connectivity index (χ3v) is 11.9.